The molecular weight excluding hydrogens is 199 g/mol. The van der Waals surface area contributed by atoms with E-state index in [9.17, 15) is 4.57 Å². The molecule has 0 rings (SSSR count). The number of hydrogen-bond donors (Lipinski definition) is 5. The maximum Gasteiger partial charge on any atom is 0.486 e. The average molecular weight is 212 g/mol. The molecule has 0 aliphatic carbocycles. The van der Waals surface area contributed by atoms with Crippen molar-refractivity contribution in [3.63, 3.8) is 0 Å². The quantitative estimate of drug-likeness (QED) is 0.116. The van der Waals surface area contributed by atoms with Crippen LogP contribution < -0.4 is 16.9 Å². The van der Waals surface area contributed by atoms with Crippen molar-refractivity contribution in [2.45, 2.75) is 6.42 Å². The van der Waals surface area contributed by atoms with Crippen molar-refractivity contribution in [2.24, 2.45) is 16.5 Å². The minimum Gasteiger partial charge on any atom is -0.370 e. The number of nitrogens with zero attached hydrogens (tertiary/aromatic N) is 1. The predicted octanol–water partition coefficient (Wildman–Crippen LogP) is -1.74. The Bertz CT molecular complexity index is 210. The van der Waals surface area contributed by atoms with Crippen LogP contribution in [-0.4, -0.2) is 28.8 Å². The Morgan fingerprint density at radius 2 is 2.15 bits per heavy atom. The van der Waals surface area contributed by atoms with E-state index in [0.717, 1.165) is 0 Å². The summed E-state index contributed by atoms with van der Waals surface area (Å²) in [7, 11) is -4.43. The molecule has 7 N–H and O–H groups in total. The van der Waals surface area contributed by atoms with Gasteiger partial charge in [-0.25, -0.2) is 4.57 Å². The molecule has 9 heteroatoms. The van der Waals surface area contributed by atoms with Crippen molar-refractivity contribution in [1.29, 1.82) is 0 Å². The summed E-state index contributed by atoms with van der Waals surface area (Å²) in [6, 6.07) is 0. The molecule has 0 amide bonds. The summed E-state index contributed by atoms with van der Waals surface area (Å²) in [5, 5.41) is 0. The monoisotopic (exact) mass is 212 g/mol. The molecule has 0 aromatic carbocycles. The smallest absolute Gasteiger partial charge is 0.370 e. The lowest BCUT2D eigenvalue weighted by Gasteiger charge is -2.04. The third kappa shape index (κ3) is 11.3. The van der Waals surface area contributed by atoms with Gasteiger partial charge in [-0.3, -0.25) is 4.99 Å². The molecule has 0 bridgehead atoms. The maximum atomic E-state index is 10.1. The highest BCUT2D eigenvalue weighted by molar-refractivity contribution is 7.46. The lowest BCUT2D eigenvalue weighted by Crippen LogP contribution is -2.23. The lowest BCUT2D eigenvalue weighted by molar-refractivity contribution is 0.125. The van der Waals surface area contributed by atoms with Crippen LogP contribution in [0.5, 0.6) is 0 Å². The standard InChI is InChI=1S/C4H13N4O4P/c5-4(6)7-2-1-3-8-12-13(9,10)11/h8H,1-3H2,(H4,5,6,7)(H2,9,10,11). The minimum absolute atomic E-state index is 0.0177. The van der Waals surface area contributed by atoms with Gasteiger partial charge in [0.2, 0.25) is 0 Å². The number of hydroxylamine groups is 1. The average Bonchev–Trinajstić information content (AvgIpc) is 1.93. The number of aliphatic imine (C=N–C) groups is 1. The summed E-state index contributed by atoms with van der Waals surface area (Å²) in [6.45, 7) is 0.627. The molecule has 0 spiro atoms. The van der Waals surface area contributed by atoms with Crippen LogP contribution in [0.4, 0.5) is 0 Å². The molecule has 0 fully saturated rings. The zero-order valence-electron chi connectivity index (χ0n) is 6.88. The Balaban J connectivity index is 3.28. The number of guanidine groups is 1. The Labute approximate surface area is 75.2 Å². The van der Waals surface area contributed by atoms with Crippen molar-refractivity contribution in [3.05, 3.63) is 0 Å². The zero-order chi connectivity index (χ0) is 10.3. The van der Waals surface area contributed by atoms with Crippen molar-refractivity contribution < 1.29 is 19.0 Å². The molecule has 0 saturated carbocycles. The highest BCUT2D eigenvalue weighted by atomic mass is 31.2. The first-order valence-corrected chi connectivity index (χ1v) is 4.97. The van der Waals surface area contributed by atoms with Gasteiger partial charge in [0, 0.05) is 13.1 Å². The summed E-state index contributed by atoms with van der Waals surface area (Å²) in [5.41, 5.74) is 12.1. The SMILES string of the molecule is NC(N)=NCCCNOP(=O)(O)O. The third-order valence-electron chi connectivity index (χ3n) is 0.915. The van der Waals surface area contributed by atoms with Crippen LogP contribution in [0.3, 0.4) is 0 Å². The first kappa shape index (κ1) is 12.3. The van der Waals surface area contributed by atoms with Crippen molar-refractivity contribution in [3.8, 4) is 0 Å². The fourth-order valence-corrected chi connectivity index (χ4v) is 0.749. The van der Waals surface area contributed by atoms with Crippen molar-refractivity contribution in [1.82, 2.24) is 5.48 Å². The summed E-state index contributed by atoms with van der Waals surface area (Å²) in [5.74, 6) is -0.0177. The fourth-order valence-electron chi connectivity index (χ4n) is 0.489. The van der Waals surface area contributed by atoms with E-state index in [4.69, 9.17) is 21.3 Å². The van der Waals surface area contributed by atoms with E-state index in [0.29, 0.717) is 13.0 Å². The van der Waals surface area contributed by atoms with Gasteiger partial charge in [0.1, 0.15) is 0 Å². The van der Waals surface area contributed by atoms with E-state index in [1.807, 2.05) is 0 Å². The van der Waals surface area contributed by atoms with Crippen LogP contribution >= 0.6 is 7.82 Å². The Morgan fingerprint density at radius 1 is 1.54 bits per heavy atom. The van der Waals surface area contributed by atoms with Crippen LogP contribution in [-0.2, 0) is 9.19 Å². The number of nitrogens with one attached hydrogen (secondary N) is 1. The minimum atomic E-state index is -4.43. The summed E-state index contributed by atoms with van der Waals surface area (Å²) in [4.78, 5) is 20.1. The summed E-state index contributed by atoms with van der Waals surface area (Å²) in [6.07, 6.45) is 0.512. The number of hydrogen-bond acceptors (Lipinski definition) is 4. The van der Waals surface area contributed by atoms with E-state index in [1.165, 1.54) is 0 Å². The second kappa shape index (κ2) is 5.90. The fraction of sp³-hybridized carbons (Fsp3) is 0.750. The van der Waals surface area contributed by atoms with Gasteiger partial charge in [0.25, 0.3) is 0 Å². The molecule has 8 nitrogen and oxygen atoms in total. The lowest BCUT2D eigenvalue weighted by atomic mass is 10.4. The van der Waals surface area contributed by atoms with Crippen molar-refractivity contribution >= 4 is 13.8 Å². The normalized spacial score (nSPS) is 11.2. The highest BCUT2D eigenvalue weighted by Gasteiger charge is 2.12. The first-order valence-electron chi connectivity index (χ1n) is 3.44. The van der Waals surface area contributed by atoms with Gasteiger partial charge >= 0.3 is 7.82 Å². The highest BCUT2D eigenvalue weighted by Crippen LogP contribution is 2.33. The summed E-state index contributed by atoms with van der Waals surface area (Å²) >= 11 is 0. The van der Waals surface area contributed by atoms with Gasteiger partial charge in [-0.2, -0.15) is 10.1 Å². The molecule has 0 radical (unpaired) electrons. The molecule has 0 aromatic heterocycles. The molecule has 0 aliphatic rings. The molecule has 0 atom stereocenters. The molecule has 78 valence electrons. The Kier molecular flexibility index (Phi) is 5.60. The summed E-state index contributed by atoms with van der Waals surface area (Å²) < 4.78 is 14.1. The number of phosphoric acid groups is 1. The number of nitrogens with two attached hydrogens (primary N) is 2. The molecule has 0 aliphatic heterocycles. The van der Waals surface area contributed by atoms with Crippen LogP contribution in [0.25, 0.3) is 0 Å². The van der Waals surface area contributed by atoms with E-state index in [-0.39, 0.29) is 12.5 Å². The Morgan fingerprint density at radius 3 is 2.62 bits per heavy atom. The van der Waals surface area contributed by atoms with Crippen molar-refractivity contribution in [2.75, 3.05) is 13.1 Å². The van der Waals surface area contributed by atoms with Crippen LogP contribution in [0.2, 0.25) is 0 Å². The topological polar surface area (TPSA) is 143 Å². The second-order valence-electron chi connectivity index (χ2n) is 2.14. The van der Waals surface area contributed by atoms with Gasteiger partial charge < -0.3 is 21.3 Å². The third-order valence-corrected chi connectivity index (χ3v) is 1.28. The number of rotatable bonds is 6. The van der Waals surface area contributed by atoms with Gasteiger partial charge in [-0.05, 0) is 6.42 Å². The Hall–Kier alpha value is -0.660. The van der Waals surface area contributed by atoms with E-state index in [2.05, 4.69) is 15.1 Å². The van der Waals surface area contributed by atoms with Gasteiger partial charge in [-0.15, -0.1) is 0 Å². The predicted molar refractivity (Wildman–Crippen MR) is 46.4 cm³/mol. The second-order valence-corrected chi connectivity index (χ2v) is 3.30. The van der Waals surface area contributed by atoms with Crippen LogP contribution in [0.15, 0.2) is 4.99 Å². The molecule has 13 heavy (non-hydrogen) atoms. The van der Waals surface area contributed by atoms with Gasteiger partial charge in [0.15, 0.2) is 5.96 Å². The van der Waals surface area contributed by atoms with Crippen LogP contribution in [0, 0.1) is 0 Å². The van der Waals surface area contributed by atoms with E-state index >= 15 is 0 Å². The molecule has 0 unspecified atom stereocenters. The molecule has 0 saturated heterocycles. The molecule has 0 aromatic rings. The first-order chi connectivity index (χ1) is 5.92. The van der Waals surface area contributed by atoms with Crippen LogP contribution in [0.1, 0.15) is 6.42 Å². The molecule has 0 heterocycles. The molecular formula is C4H13N4O4P. The van der Waals surface area contributed by atoms with E-state index in [1.54, 1.807) is 0 Å². The largest absolute Gasteiger partial charge is 0.486 e. The van der Waals surface area contributed by atoms with Gasteiger partial charge in [-0.1, -0.05) is 0 Å². The zero-order valence-corrected chi connectivity index (χ0v) is 7.78. The van der Waals surface area contributed by atoms with E-state index < -0.39 is 7.82 Å². The maximum absolute atomic E-state index is 10.1. The van der Waals surface area contributed by atoms with Gasteiger partial charge in [0.05, 0.1) is 0 Å².